The molecule has 0 amide bonds. The quantitative estimate of drug-likeness (QED) is 0.791. The highest BCUT2D eigenvalue weighted by atomic mass is 16.4. The van der Waals surface area contributed by atoms with Gasteiger partial charge in [0.25, 0.3) is 0 Å². The Morgan fingerprint density at radius 3 is 2.86 bits per heavy atom. The van der Waals surface area contributed by atoms with Gasteiger partial charge in [0, 0.05) is 6.42 Å². The summed E-state index contributed by atoms with van der Waals surface area (Å²) < 4.78 is 0. The first-order valence-electron chi connectivity index (χ1n) is 4.75. The van der Waals surface area contributed by atoms with Crippen molar-refractivity contribution >= 4 is 12.0 Å². The van der Waals surface area contributed by atoms with E-state index in [0.717, 1.165) is 6.42 Å². The largest absolute Gasteiger partial charge is 0.481 e. The molecule has 2 rings (SSSR count). The van der Waals surface area contributed by atoms with Crippen LogP contribution in [0.15, 0.2) is 29.8 Å². The fraction of sp³-hybridized carbons (Fsp3) is 0.250. The van der Waals surface area contributed by atoms with Crippen LogP contribution >= 0.6 is 0 Å². The van der Waals surface area contributed by atoms with E-state index in [1.807, 2.05) is 12.1 Å². The number of carboxylic acid groups (broad SMARTS) is 1. The summed E-state index contributed by atoms with van der Waals surface area (Å²) in [5, 5.41) is 8.56. The lowest BCUT2D eigenvalue weighted by molar-refractivity contribution is -0.136. The van der Waals surface area contributed by atoms with Gasteiger partial charge in [0.1, 0.15) is 0 Å². The number of hydrogen-bond acceptors (Lipinski definition) is 1. The van der Waals surface area contributed by atoms with Crippen molar-refractivity contribution in [2.75, 3.05) is 0 Å². The van der Waals surface area contributed by atoms with Gasteiger partial charge in [0.05, 0.1) is 0 Å². The van der Waals surface area contributed by atoms with Crippen molar-refractivity contribution in [1.29, 1.82) is 0 Å². The van der Waals surface area contributed by atoms with Crippen LogP contribution in [0.3, 0.4) is 0 Å². The molecule has 0 spiro atoms. The number of fused-ring (bicyclic) bond motifs is 1. The van der Waals surface area contributed by atoms with Crippen LogP contribution in [0.25, 0.3) is 6.08 Å². The number of carbonyl (C=O) groups is 1. The molecule has 0 saturated heterocycles. The van der Waals surface area contributed by atoms with Gasteiger partial charge in [-0.15, -0.1) is 0 Å². The van der Waals surface area contributed by atoms with Crippen molar-refractivity contribution in [2.24, 2.45) is 0 Å². The fourth-order valence-electron chi connectivity index (χ4n) is 1.78. The first-order valence-corrected chi connectivity index (χ1v) is 4.75. The van der Waals surface area contributed by atoms with Gasteiger partial charge in [-0.1, -0.05) is 35.9 Å². The first kappa shape index (κ1) is 9.00. The number of benzene rings is 1. The zero-order valence-electron chi connectivity index (χ0n) is 7.86. The van der Waals surface area contributed by atoms with E-state index in [9.17, 15) is 4.79 Å². The predicted molar refractivity (Wildman–Crippen MR) is 55.0 cm³/mol. The molecule has 2 nitrogen and oxygen atoms in total. The summed E-state index contributed by atoms with van der Waals surface area (Å²) in [6.45, 7) is 0. The highest BCUT2D eigenvalue weighted by molar-refractivity contribution is 5.69. The van der Waals surface area contributed by atoms with E-state index in [1.165, 1.54) is 16.7 Å². The second-order valence-corrected chi connectivity index (χ2v) is 3.57. The summed E-state index contributed by atoms with van der Waals surface area (Å²) >= 11 is 0. The molecule has 0 atom stereocenters. The lowest BCUT2D eigenvalue weighted by Crippen LogP contribution is -1.95. The van der Waals surface area contributed by atoms with Crippen LogP contribution in [-0.4, -0.2) is 11.1 Å². The maximum Gasteiger partial charge on any atom is 0.303 e. The van der Waals surface area contributed by atoms with Gasteiger partial charge >= 0.3 is 5.97 Å². The molecule has 1 aliphatic carbocycles. The van der Waals surface area contributed by atoms with Gasteiger partial charge in [-0.2, -0.15) is 0 Å². The fourth-order valence-corrected chi connectivity index (χ4v) is 1.78. The minimum absolute atomic E-state index is 0.236. The number of carboxylic acids is 1. The molecule has 0 bridgehead atoms. The number of hydrogen-bond donors (Lipinski definition) is 1. The summed E-state index contributed by atoms with van der Waals surface area (Å²) in [5.74, 6) is -0.721. The molecule has 1 aromatic carbocycles. The molecule has 1 aliphatic rings. The third-order valence-electron chi connectivity index (χ3n) is 2.49. The molecule has 0 radical (unpaired) electrons. The van der Waals surface area contributed by atoms with Crippen LogP contribution in [-0.2, 0) is 11.2 Å². The molecule has 0 saturated carbocycles. The Bertz CT molecular complexity index is 391. The Morgan fingerprint density at radius 2 is 2.14 bits per heavy atom. The zero-order chi connectivity index (χ0) is 9.97. The van der Waals surface area contributed by atoms with E-state index in [0.29, 0.717) is 6.42 Å². The average Bonchev–Trinajstić information content (AvgIpc) is 2.57. The molecule has 0 heterocycles. The molecule has 1 aromatic rings. The average molecular weight is 188 g/mol. The van der Waals surface area contributed by atoms with Gasteiger partial charge in [-0.05, 0) is 24.0 Å². The van der Waals surface area contributed by atoms with Crippen LogP contribution in [0, 0.1) is 0 Å². The maximum atomic E-state index is 10.4. The topological polar surface area (TPSA) is 37.3 Å². The minimum Gasteiger partial charge on any atom is -0.481 e. The molecule has 2 heteroatoms. The Morgan fingerprint density at radius 1 is 1.36 bits per heavy atom. The van der Waals surface area contributed by atoms with Gasteiger partial charge in [0.15, 0.2) is 0 Å². The number of rotatable bonds is 3. The molecule has 72 valence electrons. The van der Waals surface area contributed by atoms with Crippen molar-refractivity contribution in [3.05, 3.63) is 41.0 Å². The van der Waals surface area contributed by atoms with Crippen LogP contribution in [0.2, 0.25) is 0 Å². The van der Waals surface area contributed by atoms with Crippen molar-refractivity contribution in [1.82, 2.24) is 0 Å². The van der Waals surface area contributed by atoms with Crippen LogP contribution < -0.4 is 0 Å². The van der Waals surface area contributed by atoms with E-state index in [-0.39, 0.29) is 6.42 Å². The molecular formula is C12H12O2. The van der Waals surface area contributed by atoms with Gasteiger partial charge in [-0.25, -0.2) is 0 Å². The summed E-state index contributed by atoms with van der Waals surface area (Å²) in [7, 11) is 0. The molecule has 0 aromatic heterocycles. The van der Waals surface area contributed by atoms with Crippen molar-refractivity contribution in [2.45, 2.75) is 19.3 Å². The Kier molecular flexibility index (Phi) is 2.35. The van der Waals surface area contributed by atoms with Gasteiger partial charge < -0.3 is 5.11 Å². The molecule has 0 aliphatic heterocycles. The second-order valence-electron chi connectivity index (χ2n) is 3.57. The highest BCUT2D eigenvalue weighted by Gasteiger charge is 2.12. The van der Waals surface area contributed by atoms with Crippen molar-refractivity contribution in [3.8, 4) is 0 Å². The molecule has 1 N–H and O–H groups in total. The van der Waals surface area contributed by atoms with E-state index >= 15 is 0 Å². The summed E-state index contributed by atoms with van der Waals surface area (Å²) in [6, 6.07) is 8.20. The van der Waals surface area contributed by atoms with E-state index in [4.69, 9.17) is 5.11 Å². The summed E-state index contributed by atoms with van der Waals surface area (Å²) in [6.07, 6.45) is 3.94. The molecule has 0 fully saturated rings. The second kappa shape index (κ2) is 3.66. The maximum absolute atomic E-state index is 10.4. The van der Waals surface area contributed by atoms with Crippen LogP contribution in [0.4, 0.5) is 0 Å². The molecular weight excluding hydrogens is 176 g/mol. The van der Waals surface area contributed by atoms with Crippen LogP contribution in [0.1, 0.15) is 24.0 Å². The van der Waals surface area contributed by atoms with E-state index in [1.54, 1.807) is 0 Å². The van der Waals surface area contributed by atoms with Crippen LogP contribution in [0.5, 0.6) is 0 Å². The minimum atomic E-state index is -0.721. The van der Waals surface area contributed by atoms with Crippen molar-refractivity contribution < 1.29 is 9.90 Å². The Labute approximate surface area is 82.9 Å². The monoisotopic (exact) mass is 188 g/mol. The third kappa shape index (κ3) is 1.84. The Hall–Kier alpha value is -1.57. The van der Waals surface area contributed by atoms with E-state index in [2.05, 4.69) is 18.2 Å². The van der Waals surface area contributed by atoms with Gasteiger partial charge in [-0.3, -0.25) is 4.79 Å². The van der Waals surface area contributed by atoms with E-state index < -0.39 is 5.97 Å². The Balaban J connectivity index is 2.05. The number of aliphatic carboxylic acids is 1. The first-order chi connectivity index (χ1) is 6.75. The smallest absolute Gasteiger partial charge is 0.303 e. The zero-order valence-corrected chi connectivity index (χ0v) is 7.86. The van der Waals surface area contributed by atoms with Crippen molar-refractivity contribution in [3.63, 3.8) is 0 Å². The predicted octanol–water partition coefficient (Wildman–Crippen LogP) is 2.49. The summed E-state index contributed by atoms with van der Waals surface area (Å²) in [5.41, 5.74) is 3.79. The normalized spacial score (nSPS) is 13.6. The number of allylic oxidation sites excluding steroid dienone is 1. The molecule has 14 heavy (non-hydrogen) atoms. The standard InChI is InChI=1S/C12H12O2/c13-12(14)6-5-9-7-10-3-1-2-4-11(10)8-9/h1-4,7H,5-6,8H2,(H,13,14). The molecule has 0 unspecified atom stereocenters. The lowest BCUT2D eigenvalue weighted by atomic mass is 10.1. The summed E-state index contributed by atoms with van der Waals surface area (Å²) in [4.78, 5) is 10.4. The highest BCUT2D eigenvalue weighted by Crippen LogP contribution is 2.26. The lowest BCUT2D eigenvalue weighted by Gasteiger charge is -1.98. The third-order valence-corrected chi connectivity index (χ3v) is 2.49. The SMILES string of the molecule is O=C(O)CCC1=Cc2ccccc2C1. The van der Waals surface area contributed by atoms with Gasteiger partial charge in [0.2, 0.25) is 0 Å².